The number of aryl methyl sites for hydroxylation is 1. The molecule has 1 aliphatic rings. The molecule has 0 spiro atoms. The zero-order valence-electron chi connectivity index (χ0n) is 17.9. The summed E-state index contributed by atoms with van der Waals surface area (Å²) in [4.78, 5) is 12.4. The molecule has 1 aromatic rings. The van der Waals surface area contributed by atoms with Gasteiger partial charge in [-0.25, -0.2) is 4.79 Å². The fraction of sp³-hybridized carbons (Fsp3) is 0.708. The zero-order valence-corrected chi connectivity index (χ0v) is 17.9. The highest BCUT2D eigenvalue weighted by molar-refractivity contribution is 5.70. The lowest BCUT2D eigenvalue weighted by Gasteiger charge is -2.42. The van der Waals surface area contributed by atoms with Gasteiger partial charge < -0.3 is 10.1 Å². The van der Waals surface area contributed by atoms with E-state index in [2.05, 4.69) is 39.1 Å². The van der Waals surface area contributed by atoms with E-state index in [1.165, 1.54) is 44.9 Å². The molecule has 1 atom stereocenters. The van der Waals surface area contributed by atoms with Crippen LogP contribution in [0.1, 0.15) is 91.0 Å². The van der Waals surface area contributed by atoms with Crippen LogP contribution in [0.4, 0.5) is 4.79 Å². The smallest absolute Gasteiger partial charge is 0.410 e. The van der Waals surface area contributed by atoms with Gasteiger partial charge >= 0.3 is 6.09 Å². The lowest BCUT2D eigenvalue weighted by Crippen LogP contribution is -2.41. The molecule has 1 aromatic carbocycles. The number of rotatable bonds is 9. The molecule has 1 saturated carbocycles. The molecule has 0 heterocycles. The van der Waals surface area contributed by atoms with Gasteiger partial charge in [0.1, 0.15) is 5.75 Å². The molecular weight excluding hydrogens is 334 g/mol. The van der Waals surface area contributed by atoms with Gasteiger partial charge in [-0.05, 0) is 54.6 Å². The Balaban J connectivity index is 1.83. The first kappa shape index (κ1) is 21.8. The summed E-state index contributed by atoms with van der Waals surface area (Å²) < 4.78 is 5.66. The van der Waals surface area contributed by atoms with Gasteiger partial charge in [-0.15, -0.1) is 0 Å². The third kappa shape index (κ3) is 7.56. The molecular formula is C24H39NO2. The molecule has 152 valence electrons. The zero-order chi connectivity index (χ0) is 19.8. The van der Waals surface area contributed by atoms with Crippen LogP contribution in [0.3, 0.4) is 0 Å². The Morgan fingerprint density at radius 2 is 1.81 bits per heavy atom. The summed E-state index contributed by atoms with van der Waals surface area (Å²) in [5.41, 5.74) is 1.66. The highest BCUT2D eigenvalue weighted by Gasteiger charge is 2.36. The SMILES string of the molecule is CCCCCCCc1ccccc1OC(=O)NCC1(C)CCCC(C)(C)C1. The van der Waals surface area contributed by atoms with Crippen LogP contribution in [-0.2, 0) is 6.42 Å². The van der Waals surface area contributed by atoms with E-state index in [9.17, 15) is 4.79 Å². The predicted molar refractivity (Wildman–Crippen MR) is 113 cm³/mol. The topological polar surface area (TPSA) is 38.3 Å². The largest absolute Gasteiger partial charge is 0.412 e. The van der Waals surface area contributed by atoms with Crippen molar-refractivity contribution in [3.05, 3.63) is 29.8 Å². The summed E-state index contributed by atoms with van der Waals surface area (Å²) in [6.07, 6.45) is 11.7. The molecule has 1 amide bonds. The van der Waals surface area contributed by atoms with Crippen molar-refractivity contribution in [3.8, 4) is 5.75 Å². The Morgan fingerprint density at radius 3 is 2.56 bits per heavy atom. The van der Waals surface area contributed by atoms with E-state index in [0.717, 1.165) is 24.8 Å². The summed E-state index contributed by atoms with van der Waals surface area (Å²) in [6, 6.07) is 7.95. The maximum Gasteiger partial charge on any atom is 0.412 e. The molecule has 1 fully saturated rings. The van der Waals surface area contributed by atoms with Crippen molar-refractivity contribution in [2.24, 2.45) is 10.8 Å². The second-order valence-electron chi connectivity index (χ2n) is 9.52. The minimum Gasteiger partial charge on any atom is -0.410 e. The second-order valence-corrected chi connectivity index (χ2v) is 9.52. The van der Waals surface area contributed by atoms with Gasteiger partial charge in [0.2, 0.25) is 0 Å². The quantitative estimate of drug-likeness (QED) is 0.478. The molecule has 27 heavy (non-hydrogen) atoms. The molecule has 2 rings (SSSR count). The van der Waals surface area contributed by atoms with Gasteiger partial charge in [0.25, 0.3) is 0 Å². The van der Waals surface area contributed by atoms with E-state index in [-0.39, 0.29) is 11.5 Å². The van der Waals surface area contributed by atoms with E-state index >= 15 is 0 Å². The van der Waals surface area contributed by atoms with Crippen molar-refractivity contribution >= 4 is 6.09 Å². The molecule has 0 saturated heterocycles. The summed E-state index contributed by atoms with van der Waals surface area (Å²) in [7, 11) is 0. The molecule has 0 radical (unpaired) electrons. The van der Waals surface area contributed by atoms with Gasteiger partial charge in [-0.1, -0.05) is 78.0 Å². The van der Waals surface area contributed by atoms with E-state index in [1.54, 1.807) is 0 Å². The summed E-state index contributed by atoms with van der Waals surface area (Å²) in [5.74, 6) is 0.708. The van der Waals surface area contributed by atoms with Gasteiger partial charge in [0.15, 0.2) is 0 Å². The van der Waals surface area contributed by atoms with Crippen LogP contribution in [-0.4, -0.2) is 12.6 Å². The van der Waals surface area contributed by atoms with Crippen molar-refractivity contribution in [2.75, 3.05) is 6.54 Å². The highest BCUT2D eigenvalue weighted by atomic mass is 16.6. The maximum absolute atomic E-state index is 12.4. The number of nitrogens with one attached hydrogen (secondary N) is 1. The third-order valence-electron chi connectivity index (χ3n) is 5.92. The molecule has 3 nitrogen and oxygen atoms in total. The number of hydrogen-bond acceptors (Lipinski definition) is 2. The van der Waals surface area contributed by atoms with E-state index in [4.69, 9.17) is 4.74 Å². The highest BCUT2D eigenvalue weighted by Crippen LogP contribution is 2.45. The fourth-order valence-corrected chi connectivity index (χ4v) is 4.63. The van der Waals surface area contributed by atoms with Crippen LogP contribution >= 0.6 is 0 Å². The minimum absolute atomic E-state index is 0.166. The van der Waals surface area contributed by atoms with Gasteiger partial charge in [-0.3, -0.25) is 0 Å². The first-order chi connectivity index (χ1) is 12.8. The lowest BCUT2D eigenvalue weighted by molar-refractivity contribution is 0.0969. The number of carbonyl (C=O) groups is 1. The standard InChI is InChI=1S/C24H39NO2/c1-5-6-7-8-9-13-20-14-10-11-15-21(20)27-22(26)25-19-24(4)17-12-16-23(2,3)18-24/h10-11,14-15H,5-9,12-13,16-19H2,1-4H3,(H,25,26). The Hall–Kier alpha value is -1.51. The molecule has 1 unspecified atom stereocenters. The first-order valence-corrected chi connectivity index (χ1v) is 10.9. The third-order valence-corrected chi connectivity index (χ3v) is 5.92. The molecule has 0 aromatic heterocycles. The number of unbranched alkanes of at least 4 members (excludes halogenated alkanes) is 4. The Bertz CT molecular complexity index is 596. The average Bonchev–Trinajstić information content (AvgIpc) is 2.60. The van der Waals surface area contributed by atoms with Crippen molar-refractivity contribution in [3.63, 3.8) is 0 Å². The van der Waals surface area contributed by atoms with Crippen LogP contribution in [0.2, 0.25) is 0 Å². The summed E-state index contributed by atoms with van der Waals surface area (Å²) >= 11 is 0. The van der Waals surface area contributed by atoms with Gasteiger partial charge in [0, 0.05) is 6.54 Å². The van der Waals surface area contributed by atoms with Crippen molar-refractivity contribution in [1.29, 1.82) is 0 Å². The van der Waals surface area contributed by atoms with Crippen LogP contribution in [0, 0.1) is 10.8 Å². The first-order valence-electron chi connectivity index (χ1n) is 10.9. The average molecular weight is 374 g/mol. The predicted octanol–water partition coefficient (Wildman–Crippen LogP) is 6.89. The monoisotopic (exact) mass is 373 g/mol. The number of amides is 1. The van der Waals surface area contributed by atoms with Crippen LogP contribution in [0.15, 0.2) is 24.3 Å². The molecule has 3 heteroatoms. The fourth-order valence-electron chi connectivity index (χ4n) is 4.63. The number of benzene rings is 1. The van der Waals surface area contributed by atoms with Gasteiger partial charge in [-0.2, -0.15) is 0 Å². The molecule has 0 bridgehead atoms. The van der Waals surface area contributed by atoms with Crippen molar-refractivity contribution in [1.82, 2.24) is 5.32 Å². The number of para-hydroxylation sites is 1. The van der Waals surface area contributed by atoms with Crippen LogP contribution < -0.4 is 10.1 Å². The van der Waals surface area contributed by atoms with Crippen molar-refractivity contribution < 1.29 is 9.53 Å². The van der Waals surface area contributed by atoms with Crippen molar-refractivity contribution in [2.45, 2.75) is 91.9 Å². The summed E-state index contributed by atoms with van der Waals surface area (Å²) in [6.45, 7) is 9.88. The Kier molecular flexibility index (Phi) is 8.19. The molecule has 1 aliphatic carbocycles. The number of hydrogen-bond donors (Lipinski definition) is 1. The number of carbonyl (C=O) groups excluding carboxylic acids is 1. The maximum atomic E-state index is 12.4. The van der Waals surface area contributed by atoms with Gasteiger partial charge in [0.05, 0.1) is 0 Å². The minimum atomic E-state index is -0.321. The Labute approximate surface area is 166 Å². The van der Waals surface area contributed by atoms with Crippen LogP contribution in [0.25, 0.3) is 0 Å². The molecule has 1 N–H and O–H groups in total. The second kappa shape index (κ2) is 10.1. The van der Waals surface area contributed by atoms with Crippen LogP contribution in [0.5, 0.6) is 5.75 Å². The van der Waals surface area contributed by atoms with E-state index in [1.807, 2.05) is 18.2 Å². The van der Waals surface area contributed by atoms with E-state index < -0.39 is 0 Å². The lowest BCUT2D eigenvalue weighted by atomic mass is 9.64. The number of ether oxygens (including phenoxy) is 1. The van der Waals surface area contributed by atoms with E-state index in [0.29, 0.717) is 17.7 Å². The Morgan fingerprint density at radius 1 is 1.07 bits per heavy atom. The normalized spacial score (nSPS) is 21.6. The summed E-state index contributed by atoms with van der Waals surface area (Å²) in [5, 5.41) is 3.03. The molecule has 0 aliphatic heterocycles.